The van der Waals surface area contributed by atoms with Crippen molar-refractivity contribution in [2.24, 2.45) is 0 Å². The molecule has 0 spiro atoms. The molecule has 1 aromatic carbocycles. The van der Waals surface area contributed by atoms with Gasteiger partial charge >= 0.3 is 0 Å². The van der Waals surface area contributed by atoms with Gasteiger partial charge in [-0.1, -0.05) is 30.9 Å². The fraction of sp³-hybridized carbons (Fsp3) is 0.400. The van der Waals surface area contributed by atoms with Gasteiger partial charge in [-0.2, -0.15) is 0 Å². The quantitative estimate of drug-likeness (QED) is 0.648. The van der Waals surface area contributed by atoms with Crippen LogP contribution in [0.3, 0.4) is 0 Å². The van der Waals surface area contributed by atoms with E-state index in [2.05, 4.69) is 21.8 Å². The molecule has 1 heterocycles. The largest absolute Gasteiger partial charge is 0.257 e. The maximum Gasteiger partial charge on any atom is 0.129 e. The number of rotatable bonds is 3. The molecule has 1 saturated carbocycles. The van der Waals surface area contributed by atoms with Crippen molar-refractivity contribution < 1.29 is 0 Å². The first-order valence-corrected chi connectivity index (χ1v) is 7.99. The van der Waals surface area contributed by atoms with Crippen molar-refractivity contribution in [1.29, 1.82) is 0 Å². The van der Waals surface area contributed by atoms with Crippen molar-refractivity contribution in [2.75, 3.05) is 0 Å². The number of nitrogens with one attached hydrogen (secondary N) is 1. The van der Waals surface area contributed by atoms with Gasteiger partial charge in [-0.05, 0) is 55.1 Å². The molecule has 3 rings (SSSR count). The molecule has 19 heavy (non-hydrogen) atoms. The Balaban J connectivity index is 1.69. The van der Waals surface area contributed by atoms with Crippen LogP contribution in [0.25, 0.3) is 10.9 Å². The Morgan fingerprint density at radius 1 is 1.11 bits per heavy atom. The van der Waals surface area contributed by atoms with Crippen molar-refractivity contribution >= 4 is 34.5 Å². The highest BCUT2D eigenvalue weighted by Crippen LogP contribution is 2.25. The number of halogens is 1. The number of benzene rings is 1. The zero-order chi connectivity index (χ0) is 13.1. The number of pyridine rings is 1. The van der Waals surface area contributed by atoms with Crippen LogP contribution in [0.2, 0.25) is 5.15 Å². The highest BCUT2D eigenvalue weighted by Gasteiger charge is 2.12. The summed E-state index contributed by atoms with van der Waals surface area (Å²) in [5, 5.41) is 1.69. The van der Waals surface area contributed by atoms with E-state index >= 15 is 0 Å². The number of hydrogen-bond donors (Lipinski definition) is 1. The first-order chi connectivity index (χ1) is 9.31. The van der Waals surface area contributed by atoms with Gasteiger partial charge in [0.15, 0.2) is 0 Å². The number of nitrogens with zero attached hydrogens (tertiary/aromatic N) is 1. The third-order valence-corrected chi connectivity index (χ3v) is 4.73. The zero-order valence-electron chi connectivity index (χ0n) is 10.7. The Bertz CT molecular complexity index is 567. The summed E-state index contributed by atoms with van der Waals surface area (Å²) in [6, 6.07) is 10.8. The molecule has 2 nitrogen and oxygen atoms in total. The molecular formula is C15H17ClN2S. The standard InChI is InChI=1S/C15H17ClN2S/c16-15-9-6-11-10-13(7-8-14(11)17-15)19-18-12-4-2-1-3-5-12/h6-10,12,18H,1-5H2. The average molecular weight is 293 g/mol. The normalized spacial score (nSPS) is 16.9. The topological polar surface area (TPSA) is 24.9 Å². The third kappa shape index (κ3) is 3.41. The van der Waals surface area contributed by atoms with Crippen LogP contribution in [0.15, 0.2) is 35.2 Å². The predicted molar refractivity (Wildman–Crippen MR) is 82.6 cm³/mol. The zero-order valence-corrected chi connectivity index (χ0v) is 12.3. The van der Waals surface area contributed by atoms with Crippen LogP contribution >= 0.6 is 23.5 Å². The van der Waals surface area contributed by atoms with E-state index in [4.69, 9.17) is 11.6 Å². The molecule has 1 fully saturated rings. The Morgan fingerprint density at radius 3 is 2.79 bits per heavy atom. The van der Waals surface area contributed by atoms with Crippen LogP contribution in [0.5, 0.6) is 0 Å². The minimum atomic E-state index is 0.549. The van der Waals surface area contributed by atoms with Gasteiger partial charge in [0.25, 0.3) is 0 Å². The van der Waals surface area contributed by atoms with Gasteiger partial charge in [-0.15, -0.1) is 0 Å². The second-order valence-electron chi connectivity index (χ2n) is 5.04. The molecule has 0 unspecified atom stereocenters. The van der Waals surface area contributed by atoms with E-state index in [-0.39, 0.29) is 0 Å². The van der Waals surface area contributed by atoms with E-state index in [0.717, 1.165) is 10.9 Å². The van der Waals surface area contributed by atoms with Crippen LogP contribution in [-0.4, -0.2) is 11.0 Å². The number of aromatic nitrogens is 1. The number of hydrogen-bond acceptors (Lipinski definition) is 3. The minimum Gasteiger partial charge on any atom is -0.257 e. The summed E-state index contributed by atoms with van der Waals surface area (Å²) in [7, 11) is 0. The summed E-state index contributed by atoms with van der Waals surface area (Å²) in [4.78, 5) is 5.54. The van der Waals surface area contributed by atoms with Gasteiger partial charge in [-0.3, -0.25) is 4.72 Å². The maximum atomic E-state index is 5.89. The summed E-state index contributed by atoms with van der Waals surface area (Å²) >= 11 is 7.63. The molecule has 100 valence electrons. The van der Waals surface area contributed by atoms with Crippen molar-refractivity contribution in [2.45, 2.75) is 43.0 Å². The molecule has 0 aliphatic heterocycles. The first-order valence-electron chi connectivity index (χ1n) is 6.80. The van der Waals surface area contributed by atoms with Crippen molar-refractivity contribution in [3.05, 3.63) is 35.5 Å². The summed E-state index contributed by atoms with van der Waals surface area (Å²) in [6.07, 6.45) is 6.72. The number of fused-ring (bicyclic) bond motifs is 1. The average Bonchev–Trinajstić information content (AvgIpc) is 2.46. The molecular weight excluding hydrogens is 276 g/mol. The van der Waals surface area contributed by atoms with Gasteiger partial charge in [-0.25, -0.2) is 4.98 Å². The molecule has 1 aliphatic carbocycles. The highest BCUT2D eigenvalue weighted by atomic mass is 35.5. The van der Waals surface area contributed by atoms with Crippen LogP contribution in [0, 0.1) is 0 Å². The second kappa shape index (κ2) is 6.12. The fourth-order valence-electron chi connectivity index (χ4n) is 2.51. The van der Waals surface area contributed by atoms with Crippen LogP contribution in [0.4, 0.5) is 0 Å². The van der Waals surface area contributed by atoms with E-state index in [0.29, 0.717) is 11.2 Å². The Morgan fingerprint density at radius 2 is 1.95 bits per heavy atom. The molecule has 1 aliphatic rings. The lowest BCUT2D eigenvalue weighted by Crippen LogP contribution is -2.25. The molecule has 0 radical (unpaired) electrons. The van der Waals surface area contributed by atoms with E-state index in [1.165, 1.54) is 37.0 Å². The van der Waals surface area contributed by atoms with Crippen molar-refractivity contribution in [1.82, 2.24) is 9.71 Å². The van der Waals surface area contributed by atoms with Gasteiger partial charge in [0.05, 0.1) is 5.52 Å². The molecule has 0 bridgehead atoms. The van der Waals surface area contributed by atoms with Gasteiger partial charge in [0, 0.05) is 16.3 Å². The van der Waals surface area contributed by atoms with E-state index in [9.17, 15) is 0 Å². The van der Waals surface area contributed by atoms with Crippen LogP contribution in [-0.2, 0) is 0 Å². The predicted octanol–water partition coefficient (Wildman–Crippen LogP) is 4.82. The summed E-state index contributed by atoms with van der Waals surface area (Å²) < 4.78 is 3.58. The Kier molecular flexibility index (Phi) is 4.26. The highest BCUT2D eigenvalue weighted by molar-refractivity contribution is 7.97. The van der Waals surface area contributed by atoms with Crippen LogP contribution < -0.4 is 4.72 Å². The third-order valence-electron chi connectivity index (χ3n) is 3.58. The lowest BCUT2D eigenvalue weighted by atomic mass is 9.96. The smallest absolute Gasteiger partial charge is 0.129 e. The van der Waals surface area contributed by atoms with Gasteiger partial charge in [0.2, 0.25) is 0 Å². The SMILES string of the molecule is Clc1ccc2cc(SNC3CCCCC3)ccc2n1. The lowest BCUT2D eigenvalue weighted by Gasteiger charge is -2.22. The molecule has 0 atom stereocenters. The van der Waals surface area contributed by atoms with Crippen molar-refractivity contribution in [3.8, 4) is 0 Å². The van der Waals surface area contributed by atoms with Gasteiger partial charge < -0.3 is 0 Å². The van der Waals surface area contributed by atoms with E-state index < -0.39 is 0 Å². The molecule has 1 aromatic heterocycles. The molecule has 0 amide bonds. The first kappa shape index (κ1) is 13.2. The monoisotopic (exact) mass is 292 g/mol. The Labute approximate surface area is 123 Å². The second-order valence-corrected chi connectivity index (χ2v) is 6.34. The summed E-state index contributed by atoms with van der Waals surface area (Å²) in [5.74, 6) is 0. The van der Waals surface area contributed by atoms with Gasteiger partial charge in [0.1, 0.15) is 5.15 Å². The van der Waals surface area contributed by atoms with E-state index in [1.807, 2.05) is 18.2 Å². The van der Waals surface area contributed by atoms with E-state index in [1.54, 1.807) is 11.9 Å². The van der Waals surface area contributed by atoms with Crippen molar-refractivity contribution in [3.63, 3.8) is 0 Å². The molecule has 2 aromatic rings. The maximum absolute atomic E-state index is 5.89. The lowest BCUT2D eigenvalue weighted by molar-refractivity contribution is 0.423. The Hall–Kier alpha value is -0.770. The summed E-state index contributed by atoms with van der Waals surface area (Å²) in [6.45, 7) is 0. The fourth-order valence-corrected chi connectivity index (χ4v) is 3.53. The minimum absolute atomic E-state index is 0.549. The van der Waals surface area contributed by atoms with Crippen LogP contribution in [0.1, 0.15) is 32.1 Å². The molecule has 1 N–H and O–H groups in total. The summed E-state index contributed by atoms with van der Waals surface area (Å²) in [5.41, 5.74) is 0.953. The molecule has 4 heteroatoms. The molecule has 0 saturated heterocycles.